The fourth-order valence-electron chi connectivity index (χ4n) is 2.62. The third kappa shape index (κ3) is 5.01. The number of amidine groups is 1. The van der Waals surface area contributed by atoms with Gasteiger partial charge in [-0.05, 0) is 35.9 Å². The van der Waals surface area contributed by atoms with Crippen molar-refractivity contribution in [1.29, 1.82) is 0 Å². The number of carboxylic acids is 1. The largest absolute Gasteiger partial charge is 0.478 e. The van der Waals surface area contributed by atoms with Crippen LogP contribution in [-0.4, -0.2) is 39.5 Å². The molecule has 1 heterocycles. The number of amides is 2. The zero-order valence-corrected chi connectivity index (χ0v) is 16.4. The molecule has 1 aliphatic heterocycles. The van der Waals surface area contributed by atoms with Crippen LogP contribution in [0.1, 0.15) is 22.3 Å². The molecule has 2 aromatic carbocycles. The van der Waals surface area contributed by atoms with Crippen molar-refractivity contribution >= 4 is 58.2 Å². The SMILES string of the molecule is NC(=N/N=C\c1ccc(Cl)cc1)S[C@@H]1CC(=O)N(c2cccc(C(=O)O)c2)C1=O. The third-order valence-corrected chi connectivity index (χ3v) is 5.18. The molecule has 0 aliphatic carbocycles. The van der Waals surface area contributed by atoms with E-state index in [1.54, 1.807) is 24.3 Å². The van der Waals surface area contributed by atoms with Gasteiger partial charge in [0.25, 0.3) is 0 Å². The topological polar surface area (TPSA) is 125 Å². The van der Waals surface area contributed by atoms with Gasteiger partial charge in [0.15, 0.2) is 5.17 Å². The lowest BCUT2D eigenvalue weighted by Crippen LogP contribution is -2.32. The molecular formula is C19H15ClN4O4S. The van der Waals surface area contributed by atoms with Crippen LogP contribution in [0.25, 0.3) is 0 Å². The summed E-state index contributed by atoms with van der Waals surface area (Å²) < 4.78 is 0. The van der Waals surface area contributed by atoms with Crippen LogP contribution in [0.4, 0.5) is 5.69 Å². The molecule has 29 heavy (non-hydrogen) atoms. The zero-order valence-electron chi connectivity index (χ0n) is 14.9. The van der Waals surface area contributed by atoms with Crippen LogP contribution >= 0.6 is 23.4 Å². The first-order valence-corrected chi connectivity index (χ1v) is 9.60. The van der Waals surface area contributed by atoms with Crippen LogP contribution in [0, 0.1) is 0 Å². The van der Waals surface area contributed by atoms with E-state index in [0.29, 0.717) is 5.02 Å². The van der Waals surface area contributed by atoms with E-state index in [1.807, 2.05) is 0 Å². The minimum absolute atomic E-state index is 0.0168. The second-order valence-electron chi connectivity index (χ2n) is 5.97. The van der Waals surface area contributed by atoms with Crippen molar-refractivity contribution in [3.05, 3.63) is 64.7 Å². The molecule has 0 unspecified atom stereocenters. The molecular weight excluding hydrogens is 416 g/mol. The number of hydrogen-bond acceptors (Lipinski definition) is 6. The van der Waals surface area contributed by atoms with Crippen LogP contribution in [0.2, 0.25) is 5.02 Å². The van der Waals surface area contributed by atoms with Crippen molar-refractivity contribution in [3.8, 4) is 0 Å². The van der Waals surface area contributed by atoms with Crippen LogP contribution < -0.4 is 10.6 Å². The van der Waals surface area contributed by atoms with E-state index in [-0.39, 0.29) is 22.8 Å². The number of benzene rings is 2. The van der Waals surface area contributed by atoms with Crippen molar-refractivity contribution in [1.82, 2.24) is 0 Å². The highest BCUT2D eigenvalue weighted by Crippen LogP contribution is 2.30. The van der Waals surface area contributed by atoms with Crippen molar-refractivity contribution in [3.63, 3.8) is 0 Å². The first-order chi connectivity index (χ1) is 13.8. The minimum Gasteiger partial charge on any atom is -0.478 e. The summed E-state index contributed by atoms with van der Waals surface area (Å²) in [5, 5.41) is 16.7. The van der Waals surface area contributed by atoms with Gasteiger partial charge in [-0.15, -0.1) is 5.10 Å². The Hall–Kier alpha value is -3.17. The molecule has 0 saturated carbocycles. The second-order valence-corrected chi connectivity index (χ2v) is 7.63. The molecule has 0 radical (unpaired) electrons. The fourth-order valence-corrected chi connectivity index (χ4v) is 3.56. The normalized spacial score (nSPS) is 17.3. The number of thioether (sulfide) groups is 1. The summed E-state index contributed by atoms with van der Waals surface area (Å²) in [6.45, 7) is 0. The van der Waals surface area contributed by atoms with E-state index in [0.717, 1.165) is 22.2 Å². The highest BCUT2D eigenvalue weighted by atomic mass is 35.5. The number of anilines is 1. The van der Waals surface area contributed by atoms with Crippen LogP contribution in [0.15, 0.2) is 58.7 Å². The number of aromatic carboxylic acids is 1. The van der Waals surface area contributed by atoms with Gasteiger partial charge in [0, 0.05) is 11.4 Å². The molecule has 1 fully saturated rings. The Bertz CT molecular complexity index is 1020. The molecule has 2 amide bonds. The number of imide groups is 1. The second kappa shape index (κ2) is 8.89. The van der Waals surface area contributed by atoms with Crippen molar-refractivity contribution in [2.24, 2.45) is 15.9 Å². The lowest BCUT2D eigenvalue weighted by atomic mass is 10.2. The third-order valence-electron chi connectivity index (χ3n) is 3.95. The molecule has 0 bridgehead atoms. The summed E-state index contributed by atoms with van der Waals surface area (Å²) in [7, 11) is 0. The summed E-state index contributed by atoms with van der Waals surface area (Å²) in [6, 6.07) is 12.6. The van der Waals surface area contributed by atoms with E-state index in [2.05, 4.69) is 10.2 Å². The maximum atomic E-state index is 12.6. The number of rotatable bonds is 5. The lowest BCUT2D eigenvalue weighted by molar-refractivity contribution is -0.121. The maximum absolute atomic E-state index is 12.6. The summed E-state index contributed by atoms with van der Waals surface area (Å²) in [5.74, 6) is -2.07. The summed E-state index contributed by atoms with van der Waals surface area (Å²) in [5.41, 5.74) is 6.78. The maximum Gasteiger partial charge on any atom is 0.335 e. The van der Waals surface area contributed by atoms with Gasteiger partial charge < -0.3 is 10.8 Å². The number of nitrogens with two attached hydrogens (primary N) is 1. The van der Waals surface area contributed by atoms with Gasteiger partial charge in [-0.1, -0.05) is 41.6 Å². The predicted octanol–water partition coefficient (Wildman–Crippen LogP) is 2.75. The average molecular weight is 431 g/mol. The summed E-state index contributed by atoms with van der Waals surface area (Å²) in [6.07, 6.45) is 1.41. The highest BCUT2D eigenvalue weighted by Gasteiger charge is 2.40. The van der Waals surface area contributed by atoms with Gasteiger partial charge >= 0.3 is 5.97 Å². The molecule has 3 N–H and O–H groups in total. The van der Waals surface area contributed by atoms with Crippen LogP contribution in [-0.2, 0) is 9.59 Å². The highest BCUT2D eigenvalue weighted by molar-refractivity contribution is 8.14. The molecule has 3 rings (SSSR count). The Morgan fingerprint density at radius 1 is 1.24 bits per heavy atom. The van der Waals surface area contributed by atoms with E-state index >= 15 is 0 Å². The Morgan fingerprint density at radius 3 is 2.66 bits per heavy atom. The summed E-state index contributed by atoms with van der Waals surface area (Å²) >= 11 is 6.74. The molecule has 1 saturated heterocycles. The number of carboxylic acid groups (broad SMARTS) is 1. The van der Waals surface area contributed by atoms with Gasteiger partial charge in [-0.3, -0.25) is 9.59 Å². The molecule has 0 aromatic heterocycles. The number of halogens is 1. The van der Waals surface area contributed by atoms with E-state index < -0.39 is 23.0 Å². The van der Waals surface area contributed by atoms with Gasteiger partial charge in [0.1, 0.15) is 5.25 Å². The standard InChI is InChI=1S/C19H15ClN4O4S/c20-13-6-4-11(5-7-13)10-22-23-19(21)29-15-9-16(25)24(17(15)26)14-3-1-2-12(8-14)18(27)28/h1-8,10,15H,9H2,(H2,21,23)(H,27,28)/b22-10-/t15-/m1/s1. The fraction of sp³-hybridized carbons (Fsp3) is 0.105. The van der Waals surface area contributed by atoms with Crippen molar-refractivity contribution < 1.29 is 19.5 Å². The molecule has 10 heteroatoms. The predicted molar refractivity (Wildman–Crippen MR) is 113 cm³/mol. The Morgan fingerprint density at radius 2 is 1.97 bits per heavy atom. The Labute approximate surface area is 175 Å². The minimum atomic E-state index is -1.15. The Kier molecular flexibility index (Phi) is 6.30. The van der Waals surface area contributed by atoms with Crippen LogP contribution in [0.3, 0.4) is 0 Å². The van der Waals surface area contributed by atoms with E-state index in [1.165, 1.54) is 30.5 Å². The first kappa shape index (κ1) is 20.6. The number of carbonyl (C=O) groups excluding carboxylic acids is 2. The smallest absolute Gasteiger partial charge is 0.335 e. The molecule has 148 valence electrons. The molecule has 8 nitrogen and oxygen atoms in total. The van der Waals surface area contributed by atoms with Gasteiger partial charge in [0.05, 0.1) is 17.5 Å². The lowest BCUT2D eigenvalue weighted by Gasteiger charge is -2.15. The van der Waals surface area contributed by atoms with Crippen molar-refractivity contribution in [2.45, 2.75) is 11.7 Å². The first-order valence-electron chi connectivity index (χ1n) is 8.34. The van der Waals surface area contributed by atoms with E-state index in [9.17, 15) is 14.4 Å². The van der Waals surface area contributed by atoms with Gasteiger partial charge in [0.2, 0.25) is 11.8 Å². The zero-order chi connectivity index (χ0) is 21.0. The molecule has 1 atom stereocenters. The average Bonchev–Trinajstić information content (AvgIpc) is 2.96. The van der Waals surface area contributed by atoms with E-state index in [4.69, 9.17) is 22.4 Å². The molecule has 1 aliphatic rings. The molecule has 0 spiro atoms. The summed E-state index contributed by atoms with van der Waals surface area (Å²) in [4.78, 5) is 37.0. The van der Waals surface area contributed by atoms with Crippen molar-refractivity contribution in [2.75, 3.05) is 4.90 Å². The van der Waals surface area contributed by atoms with Gasteiger partial charge in [-0.25, -0.2) is 9.69 Å². The molecule has 2 aromatic rings. The van der Waals surface area contributed by atoms with Crippen LogP contribution in [0.5, 0.6) is 0 Å². The monoisotopic (exact) mass is 430 g/mol. The number of hydrogen-bond donors (Lipinski definition) is 2. The quantitative estimate of drug-likeness (QED) is 0.325. The Balaban J connectivity index is 1.68. The number of nitrogens with zero attached hydrogens (tertiary/aromatic N) is 3. The number of carbonyl (C=O) groups is 3. The van der Waals surface area contributed by atoms with Gasteiger partial charge in [-0.2, -0.15) is 5.10 Å².